The number of hydrogen-bond acceptors (Lipinski definition) is 3. The summed E-state index contributed by atoms with van der Waals surface area (Å²) >= 11 is 12.1. The van der Waals surface area contributed by atoms with Crippen molar-refractivity contribution in [3.8, 4) is 6.07 Å². The van der Waals surface area contributed by atoms with Crippen molar-refractivity contribution in [2.24, 2.45) is 0 Å². The molecule has 0 spiro atoms. The summed E-state index contributed by atoms with van der Waals surface area (Å²) in [5.74, 6) is 0.0413. The zero-order chi connectivity index (χ0) is 19.3. The highest BCUT2D eigenvalue weighted by atomic mass is 35.5. The van der Waals surface area contributed by atoms with Gasteiger partial charge in [0.2, 0.25) is 5.91 Å². The number of rotatable bonds is 7. The molecule has 0 unspecified atom stereocenters. The van der Waals surface area contributed by atoms with E-state index in [1.54, 1.807) is 24.1 Å². The van der Waals surface area contributed by atoms with E-state index in [0.29, 0.717) is 42.4 Å². The molecule has 0 saturated heterocycles. The minimum absolute atomic E-state index is 0.0413. The van der Waals surface area contributed by atoms with Gasteiger partial charge in [0, 0.05) is 35.8 Å². The van der Waals surface area contributed by atoms with E-state index < -0.39 is 0 Å². The fourth-order valence-corrected chi connectivity index (χ4v) is 3.35. The van der Waals surface area contributed by atoms with Gasteiger partial charge in [-0.05, 0) is 43.5 Å². The third-order valence-electron chi connectivity index (χ3n) is 4.40. The Balaban J connectivity index is 1.98. The van der Waals surface area contributed by atoms with Crippen molar-refractivity contribution < 1.29 is 4.79 Å². The van der Waals surface area contributed by atoms with Crippen LogP contribution in [0.1, 0.15) is 35.4 Å². The molecule has 1 aromatic carbocycles. The highest BCUT2D eigenvalue weighted by Crippen LogP contribution is 2.22. The Hall–Kier alpha value is -2.03. The fourth-order valence-electron chi connectivity index (χ4n) is 2.89. The molecule has 0 aliphatic heterocycles. The summed E-state index contributed by atoms with van der Waals surface area (Å²) in [7, 11) is 1.77. The van der Waals surface area contributed by atoms with Crippen LogP contribution < -0.4 is 0 Å². The predicted molar refractivity (Wildman–Crippen MR) is 103 cm³/mol. The average molecular weight is 393 g/mol. The molecule has 0 aliphatic rings. The predicted octanol–water partition coefficient (Wildman–Crippen LogP) is 4.31. The third-order valence-corrected chi connectivity index (χ3v) is 4.99. The SMILES string of the molecule is Cc1nn(CCC#N)c(C)c1CCC(=O)N(C)Cc1ccc(Cl)cc1Cl. The van der Waals surface area contributed by atoms with E-state index >= 15 is 0 Å². The van der Waals surface area contributed by atoms with Crippen LogP contribution in [0.2, 0.25) is 10.0 Å². The molecule has 0 atom stereocenters. The number of carbonyl (C=O) groups is 1. The van der Waals surface area contributed by atoms with Gasteiger partial charge >= 0.3 is 0 Å². The molecule has 7 heteroatoms. The van der Waals surface area contributed by atoms with Gasteiger partial charge in [0.1, 0.15) is 0 Å². The van der Waals surface area contributed by atoms with E-state index in [2.05, 4.69) is 11.2 Å². The molecule has 2 aromatic rings. The Labute approximate surface area is 164 Å². The molecule has 1 aromatic heterocycles. The molecule has 0 aliphatic carbocycles. The monoisotopic (exact) mass is 392 g/mol. The van der Waals surface area contributed by atoms with Gasteiger partial charge in [-0.1, -0.05) is 29.3 Å². The van der Waals surface area contributed by atoms with Gasteiger partial charge in [-0.25, -0.2) is 0 Å². The van der Waals surface area contributed by atoms with Gasteiger partial charge in [0.25, 0.3) is 0 Å². The van der Waals surface area contributed by atoms with E-state index in [1.165, 1.54) is 0 Å². The third kappa shape index (κ3) is 5.00. The first-order chi connectivity index (χ1) is 12.3. The number of nitrogens with zero attached hydrogens (tertiary/aromatic N) is 4. The van der Waals surface area contributed by atoms with Crippen molar-refractivity contribution in [1.82, 2.24) is 14.7 Å². The fraction of sp³-hybridized carbons (Fsp3) is 0.421. The number of amides is 1. The van der Waals surface area contributed by atoms with Gasteiger partial charge in [0.15, 0.2) is 0 Å². The molecule has 1 amide bonds. The molecule has 5 nitrogen and oxygen atoms in total. The lowest BCUT2D eigenvalue weighted by Crippen LogP contribution is -2.26. The zero-order valence-corrected chi connectivity index (χ0v) is 16.7. The number of aromatic nitrogens is 2. The number of hydrogen-bond donors (Lipinski definition) is 0. The molecular formula is C19H22Cl2N4O. The standard InChI is InChI=1S/C19H22Cl2N4O/c1-13-17(14(2)25(23-13)10-4-9-22)7-8-19(26)24(3)12-15-5-6-16(20)11-18(15)21/h5-6,11H,4,7-8,10,12H2,1-3H3. The number of benzene rings is 1. The first-order valence-corrected chi connectivity index (χ1v) is 9.16. The minimum atomic E-state index is 0.0413. The first kappa shape index (κ1) is 20.3. The number of carbonyl (C=O) groups excluding carboxylic acids is 1. The summed E-state index contributed by atoms with van der Waals surface area (Å²) < 4.78 is 1.84. The van der Waals surface area contributed by atoms with E-state index in [1.807, 2.05) is 24.6 Å². The Morgan fingerprint density at radius 3 is 2.73 bits per heavy atom. The van der Waals surface area contributed by atoms with E-state index in [0.717, 1.165) is 22.5 Å². The van der Waals surface area contributed by atoms with Crippen LogP contribution in [0.25, 0.3) is 0 Å². The topological polar surface area (TPSA) is 61.9 Å². The van der Waals surface area contributed by atoms with Crippen molar-refractivity contribution in [2.75, 3.05) is 7.05 Å². The van der Waals surface area contributed by atoms with Crippen LogP contribution in [0.4, 0.5) is 0 Å². The second kappa shape index (κ2) is 9.07. The lowest BCUT2D eigenvalue weighted by Gasteiger charge is -2.18. The normalized spacial score (nSPS) is 10.6. The molecule has 0 fully saturated rings. The Morgan fingerprint density at radius 1 is 1.35 bits per heavy atom. The Kier molecular flexibility index (Phi) is 7.07. The van der Waals surface area contributed by atoms with Crippen LogP contribution in [0.3, 0.4) is 0 Å². The maximum Gasteiger partial charge on any atom is 0.222 e. The van der Waals surface area contributed by atoms with Crippen molar-refractivity contribution in [1.29, 1.82) is 5.26 Å². The van der Waals surface area contributed by atoms with Crippen LogP contribution in [-0.4, -0.2) is 27.6 Å². The summed E-state index contributed by atoms with van der Waals surface area (Å²) in [6.07, 6.45) is 1.44. The summed E-state index contributed by atoms with van der Waals surface area (Å²) in [4.78, 5) is 14.2. The first-order valence-electron chi connectivity index (χ1n) is 8.41. The van der Waals surface area contributed by atoms with Gasteiger partial charge in [0.05, 0.1) is 24.7 Å². The van der Waals surface area contributed by atoms with Gasteiger partial charge < -0.3 is 4.90 Å². The highest BCUT2D eigenvalue weighted by Gasteiger charge is 2.16. The summed E-state index contributed by atoms with van der Waals surface area (Å²) in [5, 5.41) is 14.3. The quantitative estimate of drug-likeness (QED) is 0.704. The van der Waals surface area contributed by atoms with E-state index in [9.17, 15) is 4.79 Å². The molecule has 0 N–H and O–H groups in total. The molecule has 26 heavy (non-hydrogen) atoms. The maximum atomic E-state index is 12.5. The molecular weight excluding hydrogens is 371 g/mol. The van der Waals surface area contributed by atoms with E-state index in [-0.39, 0.29) is 5.91 Å². The summed E-state index contributed by atoms with van der Waals surface area (Å²) in [6.45, 7) is 4.93. The highest BCUT2D eigenvalue weighted by molar-refractivity contribution is 6.35. The molecule has 138 valence electrons. The summed E-state index contributed by atoms with van der Waals surface area (Å²) in [5.41, 5.74) is 3.88. The smallest absolute Gasteiger partial charge is 0.222 e. The Bertz CT molecular complexity index is 839. The summed E-state index contributed by atoms with van der Waals surface area (Å²) in [6, 6.07) is 7.41. The van der Waals surface area contributed by atoms with Crippen LogP contribution in [0.15, 0.2) is 18.2 Å². The van der Waals surface area contributed by atoms with Gasteiger partial charge in [-0.15, -0.1) is 0 Å². The van der Waals surface area contributed by atoms with Crippen molar-refractivity contribution in [2.45, 2.75) is 46.2 Å². The largest absolute Gasteiger partial charge is 0.341 e. The second-order valence-electron chi connectivity index (χ2n) is 6.27. The second-order valence-corrected chi connectivity index (χ2v) is 7.11. The molecule has 1 heterocycles. The molecule has 2 rings (SSSR count). The van der Waals surface area contributed by atoms with Crippen LogP contribution in [-0.2, 0) is 24.3 Å². The maximum absolute atomic E-state index is 12.5. The molecule has 0 radical (unpaired) electrons. The number of nitriles is 1. The molecule has 0 bridgehead atoms. The average Bonchev–Trinajstić information content (AvgIpc) is 2.86. The van der Waals surface area contributed by atoms with Crippen LogP contribution >= 0.6 is 23.2 Å². The minimum Gasteiger partial charge on any atom is -0.341 e. The van der Waals surface area contributed by atoms with Crippen LogP contribution in [0.5, 0.6) is 0 Å². The zero-order valence-electron chi connectivity index (χ0n) is 15.2. The van der Waals surface area contributed by atoms with Crippen LogP contribution in [0, 0.1) is 25.2 Å². The van der Waals surface area contributed by atoms with Gasteiger partial charge in [-0.2, -0.15) is 10.4 Å². The Morgan fingerprint density at radius 2 is 2.08 bits per heavy atom. The van der Waals surface area contributed by atoms with E-state index in [4.69, 9.17) is 28.5 Å². The van der Waals surface area contributed by atoms with Crippen molar-refractivity contribution >= 4 is 29.1 Å². The molecule has 0 saturated carbocycles. The number of aryl methyl sites for hydroxylation is 2. The lowest BCUT2D eigenvalue weighted by molar-refractivity contribution is -0.130. The van der Waals surface area contributed by atoms with Crippen molar-refractivity contribution in [3.05, 3.63) is 50.8 Å². The van der Waals surface area contributed by atoms with Crippen molar-refractivity contribution in [3.63, 3.8) is 0 Å². The van der Waals surface area contributed by atoms with Gasteiger partial charge in [-0.3, -0.25) is 9.48 Å². The number of halogens is 2. The lowest BCUT2D eigenvalue weighted by atomic mass is 10.1.